The lowest BCUT2D eigenvalue weighted by molar-refractivity contribution is 1.18. The minimum absolute atomic E-state index is 0.785. The molecule has 0 amide bonds. The van der Waals surface area contributed by atoms with Gasteiger partial charge in [-0.2, -0.15) is 0 Å². The molecule has 34 heavy (non-hydrogen) atoms. The van der Waals surface area contributed by atoms with E-state index in [-0.39, 0.29) is 0 Å². The van der Waals surface area contributed by atoms with Crippen LogP contribution in [0.2, 0.25) is 4.34 Å². The van der Waals surface area contributed by atoms with E-state index in [1.54, 1.807) is 6.20 Å². The lowest BCUT2D eigenvalue weighted by Gasteiger charge is -1.98. The van der Waals surface area contributed by atoms with Crippen LogP contribution in [0.3, 0.4) is 0 Å². The van der Waals surface area contributed by atoms with Crippen molar-refractivity contribution in [3.05, 3.63) is 90.0 Å². The molecule has 0 atom stereocenters. The van der Waals surface area contributed by atoms with Gasteiger partial charge in [0.25, 0.3) is 0 Å². The zero-order valence-corrected chi connectivity index (χ0v) is 20.2. The van der Waals surface area contributed by atoms with Gasteiger partial charge in [-0.3, -0.25) is 4.98 Å². The zero-order chi connectivity index (χ0) is 23.5. The van der Waals surface area contributed by atoms with Gasteiger partial charge in [0, 0.05) is 80.3 Å². The summed E-state index contributed by atoms with van der Waals surface area (Å²) in [6.07, 6.45) is 11.6. The Morgan fingerprint density at radius 1 is 0.824 bits per heavy atom. The first kappa shape index (κ1) is 21.9. The summed E-state index contributed by atoms with van der Waals surface area (Å²) in [7, 11) is 3.80. The molecule has 9 heteroatoms. The predicted octanol–water partition coefficient (Wildman–Crippen LogP) is 6.20. The monoisotopic (exact) mass is 487 g/mol. The van der Waals surface area contributed by atoms with Crippen molar-refractivity contribution in [2.24, 2.45) is 0 Å². The van der Waals surface area contributed by atoms with Crippen LogP contribution < -0.4 is 10.6 Å². The van der Waals surface area contributed by atoms with Crippen LogP contribution >= 0.6 is 22.9 Å². The fraction of sp³-hybridized carbons (Fsp3) is 0.0800. The molecule has 0 fully saturated rings. The van der Waals surface area contributed by atoms with Crippen molar-refractivity contribution < 1.29 is 0 Å². The molecule has 0 saturated heterocycles. The molecule has 0 spiro atoms. The maximum atomic E-state index is 5.93. The molecule has 0 aliphatic carbocycles. The molecule has 6 aromatic heterocycles. The van der Waals surface area contributed by atoms with E-state index in [0.717, 1.165) is 48.8 Å². The lowest BCUT2D eigenvalue weighted by atomic mass is 10.2. The van der Waals surface area contributed by atoms with Crippen LogP contribution in [0.25, 0.3) is 33.1 Å². The van der Waals surface area contributed by atoms with Gasteiger partial charge in [0.15, 0.2) is 0 Å². The van der Waals surface area contributed by atoms with E-state index in [0.29, 0.717) is 0 Å². The maximum Gasteiger partial charge on any atom is 0.139 e. The van der Waals surface area contributed by atoms with E-state index in [4.69, 9.17) is 11.6 Å². The van der Waals surface area contributed by atoms with Crippen LogP contribution in [-0.4, -0.2) is 37.8 Å². The summed E-state index contributed by atoms with van der Waals surface area (Å²) in [5.74, 6) is 0. The lowest BCUT2D eigenvalue weighted by Crippen LogP contribution is -1.89. The van der Waals surface area contributed by atoms with Crippen LogP contribution in [0.4, 0.5) is 11.4 Å². The largest absolute Gasteiger partial charge is 0.388 e. The number of nitrogens with one attached hydrogen (secondary N) is 2. The Morgan fingerprint density at radius 3 is 2.03 bits per heavy atom. The highest BCUT2D eigenvalue weighted by Crippen LogP contribution is 2.30. The van der Waals surface area contributed by atoms with Gasteiger partial charge < -0.3 is 19.4 Å². The average Bonchev–Trinajstić information content (AvgIpc) is 3.61. The molecule has 6 heterocycles. The normalized spacial score (nSPS) is 10.8. The van der Waals surface area contributed by atoms with E-state index < -0.39 is 0 Å². The molecule has 2 N–H and O–H groups in total. The van der Waals surface area contributed by atoms with Crippen molar-refractivity contribution in [1.82, 2.24) is 23.8 Å². The summed E-state index contributed by atoms with van der Waals surface area (Å²) >= 11 is 7.47. The minimum Gasteiger partial charge on any atom is -0.388 e. The van der Waals surface area contributed by atoms with Gasteiger partial charge in [0.05, 0.1) is 20.6 Å². The minimum atomic E-state index is 0.785. The first-order valence-corrected chi connectivity index (χ1v) is 11.8. The molecule has 0 aliphatic heterocycles. The first-order valence-electron chi connectivity index (χ1n) is 10.6. The van der Waals surface area contributed by atoms with Crippen molar-refractivity contribution in [2.45, 2.75) is 0 Å². The number of fused-ring (bicyclic) bond motifs is 2. The number of hydrogen-bond acceptors (Lipinski definition) is 6. The molecule has 7 nitrogen and oxygen atoms in total. The quantitative estimate of drug-likeness (QED) is 0.310. The summed E-state index contributed by atoms with van der Waals surface area (Å²) in [5, 5.41) is 6.20. The van der Waals surface area contributed by atoms with E-state index in [9.17, 15) is 0 Å². The molecule has 6 aromatic rings. The summed E-state index contributed by atoms with van der Waals surface area (Å²) in [6, 6.07) is 15.9. The number of imidazole rings is 2. The topological polar surface area (TPSA) is 71.5 Å². The number of rotatable bonds is 4. The van der Waals surface area contributed by atoms with Crippen molar-refractivity contribution in [2.75, 3.05) is 24.7 Å². The Hall–Kier alpha value is -3.88. The number of anilines is 2. The number of nitrogens with zero attached hydrogens (tertiary/aromatic N) is 5. The molecule has 0 aromatic carbocycles. The van der Waals surface area contributed by atoms with Crippen molar-refractivity contribution >= 4 is 45.6 Å². The van der Waals surface area contributed by atoms with E-state index >= 15 is 0 Å². The summed E-state index contributed by atoms with van der Waals surface area (Å²) < 4.78 is 4.79. The van der Waals surface area contributed by atoms with Crippen molar-refractivity contribution in [1.29, 1.82) is 0 Å². The summed E-state index contributed by atoms with van der Waals surface area (Å²) in [5.41, 5.74) is 6.88. The van der Waals surface area contributed by atoms with Crippen LogP contribution in [0.15, 0.2) is 85.7 Å². The number of pyridine rings is 3. The molecule has 0 radical (unpaired) electrons. The van der Waals surface area contributed by atoms with E-state index in [1.165, 1.54) is 11.3 Å². The Labute approximate surface area is 205 Å². The zero-order valence-electron chi connectivity index (χ0n) is 18.6. The highest BCUT2D eigenvalue weighted by molar-refractivity contribution is 7.19. The second kappa shape index (κ2) is 9.54. The molecule has 0 bridgehead atoms. The Bertz CT molecular complexity index is 1550. The van der Waals surface area contributed by atoms with Gasteiger partial charge >= 0.3 is 0 Å². The third-order valence-corrected chi connectivity index (χ3v) is 6.53. The molecule has 0 unspecified atom stereocenters. The average molecular weight is 488 g/mol. The van der Waals surface area contributed by atoms with Crippen molar-refractivity contribution in [3.63, 3.8) is 0 Å². The van der Waals surface area contributed by atoms with Gasteiger partial charge in [-0.1, -0.05) is 11.6 Å². The van der Waals surface area contributed by atoms with E-state index in [2.05, 4.69) is 25.6 Å². The molecular formula is C25H22ClN7S. The van der Waals surface area contributed by atoms with Gasteiger partial charge in [-0.25, -0.2) is 9.97 Å². The molecule has 6 rings (SSSR count). The Kier molecular flexibility index (Phi) is 6.16. The number of halogens is 1. The third-order valence-electron chi connectivity index (χ3n) is 5.28. The van der Waals surface area contributed by atoms with Crippen LogP contribution in [0.1, 0.15) is 0 Å². The van der Waals surface area contributed by atoms with Gasteiger partial charge in [-0.05, 0) is 36.4 Å². The fourth-order valence-corrected chi connectivity index (χ4v) is 4.50. The third kappa shape index (κ3) is 4.59. The second-order valence-corrected chi connectivity index (χ2v) is 9.17. The SMILES string of the molecule is CNc1ccn2cc(-c3ccc(Cl)s3)nc2c1.CNc1ccn2cc(-c3cccnc3)nc2c1. The van der Waals surface area contributed by atoms with Crippen LogP contribution in [0.5, 0.6) is 0 Å². The molecule has 0 aliphatic rings. The van der Waals surface area contributed by atoms with Gasteiger partial charge in [0.1, 0.15) is 11.3 Å². The highest BCUT2D eigenvalue weighted by atomic mass is 35.5. The van der Waals surface area contributed by atoms with Gasteiger partial charge in [0.2, 0.25) is 0 Å². The number of hydrogen-bond donors (Lipinski definition) is 2. The first-order chi connectivity index (χ1) is 16.6. The molecular weight excluding hydrogens is 466 g/mol. The smallest absolute Gasteiger partial charge is 0.139 e. The van der Waals surface area contributed by atoms with Gasteiger partial charge in [-0.15, -0.1) is 11.3 Å². The number of aromatic nitrogens is 5. The summed E-state index contributed by atoms with van der Waals surface area (Å²) in [6.45, 7) is 0. The Morgan fingerprint density at radius 2 is 1.47 bits per heavy atom. The molecule has 0 saturated carbocycles. The van der Waals surface area contributed by atoms with Crippen LogP contribution in [0, 0.1) is 0 Å². The summed E-state index contributed by atoms with van der Waals surface area (Å²) in [4.78, 5) is 14.3. The predicted molar refractivity (Wildman–Crippen MR) is 141 cm³/mol. The highest BCUT2D eigenvalue weighted by Gasteiger charge is 2.07. The fourth-order valence-electron chi connectivity index (χ4n) is 3.50. The number of thiophene rings is 1. The van der Waals surface area contributed by atoms with Crippen molar-refractivity contribution in [3.8, 4) is 21.8 Å². The maximum absolute atomic E-state index is 5.93. The standard InChI is InChI=1S/C13H12N4.C12H10ClN3S/c1-14-11-4-6-17-9-12(16-13(17)7-11)10-3-2-5-15-8-10;1-14-8-4-5-16-7-9(15-12(16)6-8)10-2-3-11(13)17-10/h2-9,14H,1H3;2-7,14H,1H3. The van der Waals surface area contributed by atoms with E-state index in [1.807, 2.05) is 102 Å². The van der Waals surface area contributed by atoms with Crippen LogP contribution in [-0.2, 0) is 0 Å². The second-order valence-electron chi connectivity index (χ2n) is 7.46. The Balaban J connectivity index is 0.000000142. The molecule has 170 valence electrons.